The molecule has 1 fully saturated rings. The molecule has 1 saturated carbocycles. The minimum Gasteiger partial charge on any atom is -0.309 e. The fourth-order valence-corrected chi connectivity index (χ4v) is 4.43. The van der Waals surface area contributed by atoms with E-state index in [-0.39, 0.29) is 5.92 Å². The van der Waals surface area contributed by atoms with Crippen molar-refractivity contribution in [2.24, 2.45) is 5.92 Å². The van der Waals surface area contributed by atoms with Gasteiger partial charge in [-0.05, 0) is 45.6 Å². The van der Waals surface area contributed by atoms with Gasteiger partial charge in [0.25, 0.3) is 0 Å². The van der Waals surface area contributed by atoms with Gasteiger partial charge in [-0.3, -0.25) is 0 Å². The van der Waals surface area contributed by atoms with E-state index in [1.54, 1.807) is 11.3 Å². The van der Waals surface area contributed by atoms with Gasteiger partial charge in [0.15, 0.2) is 0 Å². The Morgan fingerprint density at radius 3 is 2.81 bits per heavy atom. The summed E-state index contributed by atoms with van der Waals surface area (Å²) < 4.78 is 0. The van der Waals surface area contributed by atoms with Gasteiger partial charge in [-0.1, -0.05) is 0 Å². The molecular weight excluding hydrogens is 280 g/mol. The van der Waals surface area contributed by atoms with Crippen LogP contribution >= 0.6 is 11.3 Å². The zero-order valence-electron chi connectivity index (χ0n) is 12.7. The first kappa shape index (κ1) is 14.4. The summed E-state index contributed by atoms with van der Waals surface area (Å²) in [7, 11) is 0. The van der Waals surface area contributed by atoms with Crippen LogP contribution in [0, 0.1) is 38.0 Å². The lowest BCUT2D eigenvalue weighted by molar-refractivity contribution is 0.517. The fraction of sp³-hybridized carbons (Fsp3) is 0.562. The number of aryl methyl sites for hydroxylation is 3. The Balaban J connectivity index is 1.77. The standard InChI is InChI=1S/C16H20N4S/c1-9-14(8-18-13-5-4-12(6-13)7-17)21-16-15(9)10(2)19-11(3)20-16/h12-13,18H,4-6,8H2,1-3H3/t12-,13+/m0/s1. The van der Waals surface area contributed by atoms with Crippen molar-refractivity contribution in [1.82, 2.24) is 15.3 Å². The summed E-state index contributed by atoms with van der Waals surface area (Å²) in [5.74, 6) is 1.08. The summed E-state index contributed by atoms with van der Waals surface area (Å²) in [6.07, 6.45) is 3.13. The van der Waals surface area contributed by atoms with Crippen LogP contribution in [0.4, 0.5) is 0 Å². The highest BCUT2D eigenvalue weighted by atomic mass is 32.1. The van der Waals surface area contributed by atoms with Crippen LogP contribution in [0.3, 0.4) is 0 Å². The van der Waals surface area contributed by atoms with E-state index in [0.717, 1.165) is 42.2 Å². The quantitative estimate of drug-likeness (QED) is 0.943. The van der Waals surface area contributed by atoms with Gasteiger partial charge in [0, 0.05) is 34.5 Å². The SMILES string of the molecule is Cc1nc(C)c2c(C)c(CN[C@@H]3CC[C@H](C#N)C3)sc2n1. The first-order valence-corrected chi connectivity index (χ1v) is 8.26. The average Bonchev–Trinajstić information content (AvgIpc) is 3.01. The number of nitrogens with one attached hydrogen (secondary N) is 1. The number of fused-ring (bicyclic) bond motifs is 1. The Morgan fingerprint density at radius 1 is 1.29 bits per heavy atom. The molecule has 21 heavy (non-hydrogen) atoms. The van der Waals surface area contributed by atoms with Gasteiger partial charge >= 0.3 is 0 Å². The van der Waals surface area contributed by atoms with Crippen molar-refractivity contribution in [1.29, 1.82) is 5.26 Å². The van der Waals surface area contributed by atoms with Crippen molar-refractivity contribution in [2.75, 3.05) is 0 Å². The van der Waals surface area contributed by atoms with E-state index in [4.69, 9.17) is 5.26 Å². The van der Waals surface area contributed by atoms with Crippen molar-refractivity contribution in [3.8, 4) is 6.07 Å². The number of nitriles is 1. The van der Waals surface area contributed by atoms with E-state index in [2.05, 4.69) is 35.2 Å². The Morgan fingerprint density at radius 2 is 2.10 bits per heavy atom. The molecule has 4 nitrogen and oxygen atoms in total. The molecule has 2 atom stereocenters. The number of hydrogen-bond donors (Lipinski definition) is 1. The van der Waals surface area contributed by atoms with Crippen LogP contribution in [0.25, 0.3) is 10.2 Å². The molecule has 110 valence electrons. The topological polar surface area (TPSA) is 61.6 Å². The number of nitrogens with zero attached hydrogens (tertiary/aromatic N) is 3. The van der Waals surface area contributed by atoms with E-state index in [1.807, 2.05) is 6.92 Å². The van der Waals surface area contributed by atoms with Crippen LogP contribution in [0.5, 0.6) is 0 Å². The van der Waals surface area contributed by atoms with E-state index in [0.29, 0.717) is 6.04 Å². The maximum atomic E-state index is 8.97. The molecule has 0 bridgehead atoms. The van der Waals surface area contributed by atoms with Gasteiger partial charge in [0.05, 0.1) is 6.07 Å². The van der Waals surface area contributed by atoms with Crippen molar-refractivity contribution in [3.63, 3.8) is 0 Å². The molecule has 2 heterocycles. The molecule has 1 aliphatic carbocycles. The van der Waals surface area contributed by atoms with Crippen molar-refractivity contribution in [3.05, 3.63) is 22.0 Å². The lowest BCUT2D eigenvalue weighted by atomic mass is 10.1. The van der Waals surface area contributed by atoms with E-state index < -0.39 is 0 Å². The predicted molar refractivity (Wildman–Crippen MR) is 85.2 cm³/mol. The molecule has 2 aromatic rings. The summed E-state index contributed by atoms with van der Waals surface area (Å²) in [4.78, 5) is 11.5. The molecule has 0 saturated heterocycles. The summed E-state index contributed by atoms with van der Waals surface area (Å²) in [5, 5.41) is 13.8. The molecule has 2 aromatic heterocycles. The second kappa shape index (κ2) is 5.70. The molecule has 1 N–H and O–H groups in total. The third-order valence-corrected chi connectivity index (χ3v) is 5.53. The molecular formula is C16H20N4S. The highest BCUT2D eigenvalue weighted by molar-refractivity contribution is 7.18. The van der Waals surface area contributed by atoms with Crippen molar-refractivity contribution in [2.45, 2.75) is 52.6 Å². The number of thiophene rings is 1. The molecule has 0 amide bonds. The van der Waals surface area contributed by atoms with Gasteiger partial charge in [-0.15, -0.1) is 11.3 Å². The molecule has 3 rings (SSSR count). The van der Waals surface area contributed by atoms with Crippen LogP contribution in [-0.4, -0.2) is 16.0 Å². The van der Waals surface area contributed by atoms with Gasteiger partial charge in [0.2, 0.25) is 0 Å². The second-order valence-electron chi connectivity index (χ2n) is 5.90. The molecule has 0 radical (unpaired) electrons. The molecule has 0 spiro atoms. The molecule has 0 unspecified atom stereocenters. The molecule has 0 aromatic carbocycles. The largest absolute Gasteiger partial charge is 0.309 e. The molecule has 5 heteroatoms. The predicted octanol–water partition coefficient (Wildman–Crippen LogP) is 3.40. The molecule has 0 aliphatic heterocycles. The van der Waals surface area contributed by atoms with Crippen molar-refractivity contribution < 1.29 is 0 Å². The van der Waals surface area contributed by atoms with E-state index in [1.165, 1.54) is 15.8 Å². The lowest BCUT2D eigenvalue weighted by Gasteiger charge is -2.11. The maximum absolute atomic E-state index is 8.97. The van der Waals surface area contributed by atoms with Gasteiger partial charge in [-0.2, -0.15) is 5.26 Å². The Bertz CT molecular complexity index is 713. The summed E-state index contributed by atoms with van der Waals surface area (Å²) in [5.41, 5.74) is 2.37. The summed E-state index contributed by atoms with van der Waals surface area (Å²) >= 11 is 1.76. The maximum Gasteiger partial charge on any atom is 0.127 e. The smallest absolute Gasteiger partial charge is 0.127 e. The van der Waals surface area contributed by atoms with Gasteiger partial charge in [-0.25, -0.2) is 9.97 Å². The first-order valence-electron chi connectivity index (χ1n) is 7.44. The minimum atomic E-state index is 0.238. The van der Waals surface area contributed by atoms with Crippen LogP contribution < -0.4 is 5.32 Å². The number of rotatable bonds is 3. The zero-order chi connectivity index (χ0) is 15.0. The van der Waals surface area contributed by atoms with Gasteiger partial charge in [0.1, 0.15) is 10.7 Å². The number of hydrogen-bond acceptors (Lipinski definition) is 5. The molecule has 1 aliphatic rings. The zero-order valence-corrected chi connectivity index (χ0v) is 13.5. The Labute approximate surface area is 129 Å². The average molecular weight is 300 g/mol. The van der Waals surface area contributed by atoms with Gasteiger partial charge < -0.3 is 5.32 Å². The fourth-order valence-electron chi connectivity index (χ4n) is 3.21. The monoisotopic (exact) mass is 300 g/mol. The normalized spacial score (nSPS) is 21.8. The minimum absolute atomic E-state index is 0.238. The Hall–Kier alpha value is -1.51. The van der Waals surface area contributed by atoms with E-state index in [9.17, 15) is 0 Å². The van der Waals surface area contributed by atoms with Crippen LogP contribution in [0.2, 0.25) is 0 Å². The highest BCUT2D eigenvalue weighted by Crippen LogP contribution is 2.32. The number of aromatic nitrogens is 2. The Kier molecular flexibility index (Phi) is 3.92. The first-order chi connectivity index (χ1) is 10.1. The summed E-state index contributed by atoms with van der Waals surface area (Å²) in [6.45, 7) is 7.03. The second-order valence-corrected chi connectivity index (χ2v) is 6.99. The van der Waals surface area contributed by atoms with Crippen LogP contribution in [-0.2, 0) is 6.54 Å². The van der Waals surface area contributed by atoms with Crippen molar-refractivity contribution >= 4 is 21.6 Å². The highest BCUT2D eigenvalue weighted by Gasteiger charge is 2.24. The summed E-state index contributed by atoms with van der Waals surface area (Å²) in [6, 6.07) is 2.86. The third-order valence-electron chi connectivity index (χ3n) is 4.35. The van der Waals surface area contributed by atoms with Crippen LogP contribution in [0.1, 0.15) is 41.2 Å². The third kappa shape index (κ3) is 2.78. The lowest BCUT2D eigenvalue weighted by Crippen LogP contribution is -2.25. The van der Waals surface area contributed by atoms with Crippen LogP contribution in [0.15, 0.2) is 0 Å². The van der Waals surface area contributed by atoms with E-state index >= 15 is 0 Å².